The van der Waals surface area contributed by atoms with Crippen LogP contribution in [0.2, 0.25) is 0 Å². The summed E-state index contributed by atoms with van der Waals surface area (Å²) in [4.78, 5) is 0. The quantitative estimate of drug-likeness (QED) is 0.171. The van der Waals surface area contributed by atoms with Gasteiger partial charge in [-0.15, -0.1) is 0 Å². The molecule has 0 nitrogen and oxygen atoms in total. The summed E-state index contributed by atoms with van der Waals surface area (Å²) >= 11 is 0. The topological polar surface area (TPSA) is 0 Å². The number of rotatable bonds is 5. The molecule has 9 aromatic rings. The monoisotopic (exact) mass is 608 g/mol. The van der Waals surface area contributed by atoms with E-state index in [0.29, 0.717) is 0 Å². The molecule has 0 aliphatic carbocycles. The van der Waals surface area contributed by atoms with E-state index in [0.717, 1.165) is 0 Å². The summed E-state index contributed by atoms with van der Waals surface area (Å²) in [5.74, 6) is 0. The van der Waals surface area contributed by atoms with Crippen molar-refractivity contribution >= 4 is 32.3 Å². The second-order valence-corrected chi connectivity index (χ2v) is 12.5. The molecule has 0 saturated heterocycles. The Balaban J connectivity index is 1.16. The van der Waals surface area contributed by atoms with Crippen molar-refractivity contribution < 1.29 is 0 Å². The van der Waals surface area contributed by atoms with E-state index >= 15 is 0 Å². The molecule has 0 spiro atoms. The molecule has 0 N–H and O–H groups in total. The van der Waals surface area contributed by atoms with Crippen LogP contribution in [0.3, 0.4) is 0 Å². The minimum absolute atomic E-state index is 1.22. The molecule has 0 unspecified atom stereocenters. The van der Waals surface area contributed by atoms with E-state index < -0.39 is 0 Å². The molecule has 0 aromatic heterocycles. The first-order chi connectivity index (χ1) is 23.8. The van der Waals surface area contributed by atoms with Gasteiger partial charge >= 0.3 is 0 Å². The Labute approximate surface area is 281 Å². The van der Waals surface area contributed by atoms with Crippen LogP contribution in [0.4, 0.5) is 0 Å². The third-order valence-corrected chi connectivity index (χ3v) is 9.66. The first kappa shape index (κ1) is 28.0. The highest BCUT2D eigenvalue weighted by molar-refractivity contribution is 6.23. The Kier molecular flexibility index (Phi) is 6.91. The molecular formula is C48H32. The summed E-state index contributed by atoms with van der Waals surface area (Å²) in [6.45, 7) is 0. The molecule has 0 amide bonds. The summed E-state index contributed by atoms with van der Waals surface area (Å²) in [6, 6.07) is 70.6. The molecule has 48 heavy (non-hydrogen) atoms. The molecule has 0 bridgehead atoms. The Hall–Kier alpha value is -6.24. The van der Waals surface area contributed by atoms with Gasteiger partial charge in [0.25, 0.3) is 0 Å². The number of benzene rings is 9. The molecule has 0 atom stereocenters. The largest absolute Gasteiger partial charge is 0.0622 e. The fourth-order valence-electron chi connectivity index (χ4n) is 7.38. The van der Waals surface area contributed by atoms with Gasteiger partial charge in [0.15, 0.2) is 0 Å². The summed E-state index contributed by atoms with van der Waals surface area (Å²) in [5, 5.41) is 7.61. The average molecular weight is 609 g/mol. The maximum absolute atomic E-state index is 2.35. The van der Waals surface area contributed by atoms with Crippen LogP contribution in [0.15, 0.2) is 194 Å². The smallest absolute Gasteiger partial charge is 0.00201 e. The number of fused-ring (bicyclic) bond motifs is 3. The maximum atomic E-state index is 2.35. The van der Waals surface area contributed by atoms with Gasteiger partial charge in [0.1, 0.15) is 0 Å². The van der Waals surface area contributed by atoms with Crippen LogP contribution in [-0.2, 0) is 0 Å². The molecule has 0 radical (unpaired) electrons. The van der Waals surface area contributed by atoms with Crippen molar-refractivity contribution in [1.82, 2.24) is 0 Å². The second kappa shape index (κ2) is 11.8. The van der Waals surface area contributed by atoms with Gasteiger partial charge in [-0.3, -0.25) is 0 Å². The number of hydrogen-bond acceptors (Lipinski definition) is 0. The highest BCUT2D eigenvalue weighted by Crippen LogP contribution is 2.45. The summed E-state index contributed by atoms with van der Waals surface area (Å²) in [7, 11) is 0. The molecule has 0 fully saturated rings. The van der Waals surface area contributed by atoms with Crippen molar-refractivity contribution in [2.24, 2.45) is 0 Å². The van der Waals surface area contributed by atoms with Crippen molar-refractivity contribution in [3.8, 4) is 55.6 Å². The van der Waals surface area contributed by atoms with E-state index in [1.54, 1.807) is 0 Å². The van der Waals surface area contributed by atoms with E-state index in [2.05, 4.69) is 194 Å². The maximum Gasteiger partial charge on any atom is -0.00201 e. The number of hydrogen-bond donors (Lipinski definition) is 0. The average Bonchev–Trinajstić information content (AvgIpc) is 3.17. The minimum Gasteiger partial charge on any atom is -0.0622 e. The van der Waals surface area contributed by atoms with E-state index in [-0.39, 0.29) is 0 Å². The van der Waals surface area contributed by atoms with Crippen LogP contribution in [-0.4, -0.2) is 0 Å². The Morgan fingerprint density at radius 1 is 0.208 bits per heavy atom. The van der Waals surface area contributed by atoms with Crippen molar-refractivity contribution in [2.45, 2.75) is 0 Å². The Bertz CT molecular complexity index is 2520. The van der Waals surface area contributed by atoms with E-state index in [1.807, 2.05) is 0 Å². The zero-order chi connectivity index (χ0) is 31.9. The van der Waals surface area contributed by atoms with Crippen LogP contribution < -0.4 is 0 Å². The van der Waals surface area contributed by atoms with E-state index in [4.69, 9.17) is 0 Å². The lowest BCUT2D eigenvalue weighted by Gasteiger charge is -2.19. The standard InChI is InChI=1S/C48H32/c1-3-13-33(14-4-1)34-25-27-35(28-26-34)37-17-11-18-38(31-37)39-29-30-41-40(32-39)19-12-24-42(41)48-45-22-9-7-20-43(45)47(36-15-5-2-6-16-36)44-21-8-10-23-46(44)48/h1-32H. The van der Waals surface area contributed by atoms with Gasteiger partial charge in [0.05, 0.1) is 0 Å². The van der Waals surface area contributed by atoms with Gasteiger partial charge in [-0.2, -0.15) is 0 Å². The Morgan fingerprint density at radius 2 is 0.625 bits per heavy atom. The summed E-state index contributed by atoms with van der Waals surface area (Å²) < 4.78 is 0. The molecule has 0 aliphatic rings. The first-order valence-electron chi connectivity index (χ1n) is 16.6. The van der Waals surface area contributed by atoms with Crippen LogP contribution >= 0.6 is 0 Å². The second-order valence-electron chi connectivity index (χ2n) is 12.5. The van der Waals surface area contributed by atoms with Gasteiger partial charge < -0.3 is 0 Å². The predicted molar refractivity (Wildman–Crippen MR) is 206 cm³/mol. The van der Waals surface area contributed by atoms with Crippen molar-refractivity contribution in [3.63, 3.8) is 0 Å². The molecule has 0 saturated carbocycles. The lowest BCUT2D eigenvalue weighted by atomic mass is 9.84. The lowest BCUT2D eigenvalue weighted by Crippen LogP contribution is -1.91. The molecule has 224 valence electrons. The lowest BCUT2D eigenvalue weighted by molar-refractivity contribution is 1.58. The zero-order valence-corrected chi connectivity index (χ0v) is 26.5. The van der Waals surface area contributed by atoms with Crippen LogP contribution in [0.25, 0.3) is 88.0 Å². The zero-order valence-electron chi connectivity index (χ0n) is 26.5. The van der Waals surface area contributed by atoms with E-state index in [9.17, 15) is 0 Å². The fraction of sp³-hybridized carbons (Fsp3) is 0. The van der Waals surface area contributed by atoms with Crippen LogP contribution in [0.1, 0.15) is 0 Å². The first-order valence-corrected chi connectivity index (χ1v) is 16.6. The van der Waals surface area contributed by atoms with Crippen LogP contribution in [0.5, 0.6) is 0 Å². The van der Waals surface area contributed by atoms with Gasteiger partial charge in [-0.25, -0.2) is 0 Å². The third kappa shape index (κ3) is 4.87. The third-order valence-electron chi connectivity index (χ3n) is 9.66. The minimum atomic E-state index is 1.22. The predicted octanol–water partition coefficient (Wildman–Crippen LogP) is 13.5. The highest BCUT2D eigenvalue weighted by atomic mass is 14.2. The molecule has 0 heterocycles. The normalized spacial score (nSPS) is 11.3. The fourth-order valence-corrected chi connectivity index (χ4v) is 7.38. The summed E-state index contributed by atoms with van der Waals surface area (Å²) in [5.41, 5.74) is 12.4. The molecule has 0 heteroatoms. The molecule has 0 aliphatic heterocycles. The van der Waals surface area contributed by atoms with Gasteiger partial charge in [-0.05, 0) is 100 Å². The van der Waals surface area contributed by atoms with Crippen molar-refractivity contribution in [1.29, 1.82) is 0 Å². The van der Waals surface area contributed by atoms with Gasteiger partial charge in [0.2, 0.25) is 0 Å². The SMILES string of the molecule is c1ccc(-c2ccc(-c3cccc(-c4ccc5c(-c6c7ccccc7c(-c7ccccc7)c7ccccc67)cccc5c4)c3)cc2)cc1. The Morgan fingerprint density at radius 3 is 1.25 bits per heavy atom. The van der Waals surface area contributed by atoms with Crippen molar-refractivity contribution in [2.75, 3.05) is 0 Å². The molecular weight excluding hydrogens is 577 g/mol. The van der Waals surface area contributed by atoms with Gasteiger partial charge in [-0.1, -0.05) is 182 Å². The molecule has 9 rings (SSSR count). The van der Waals surface area contributed by atoms with Crippen LogP contribution in [0, 0.1) is 0 Å². The summed E-state index contributed by atoms with van der Waals surface area (Å²) in [6.07, 6.45) is 0. The molecule has 9 aromatic carbocycles. The highest BCUT2D eigenvalue weighted by Gasteiger charge is 2.18. The van der Waals surface area contributed by atoms with E-state index in [1.165, 1.54) is 88.0 Å². The van der Waals surface area contributed by atoms with Crippen molar-refractivity contribution in [3.05, 3.63) is 194 Å². The van der Waals surface area contributed by atoms with Gasteiger partial charge in [0, 0.05) is 0 Å².